The summed E-state index contributed by atoms with van der Waals surface area (Å²) in [6, 6.07) is 0. The van der Waals surface area contributed by atoms with Gasteiger partial charge in [-0.2, -0.15) is 0 Å². The Morgan fingerprint density at radius 1 is 1.16 bits per heavy atom. The molecule has 0 saturated carbocycles. The SMILES string of the molecule is CCCCCN1CCC2(CC1)CN(C(=O)C(C)C)C2. The maximum Gasteiger partial charge on any atom is 0.225 e. The number of hydrogen-bond acceptors (Lipinski definition) is 2. The van der Waals surface area contributed by atoms with Gasteiger partial charge in [0.1, 0.15) is 0 Å². The summed E-state index contributed by atoms with van der Waals surface area (Å²) in [4.78, 5) is 16.6. The molecular formula is C16H30N2O. The standard InChI is InChI=1S/C16H30N2O/c1-4-5-6-9-17-10-7-16(8-11-17)12-18(13-16)15(19)14(2)3/h14H,4-13H2,1-3H3. The number of hydrogen-bond donors (Lipinski definition) is 0. The molecule has 0 N–H and O–H groups in total. The summed E-state index contributed by atoms with van der Waals surface area (Å²) < 4.78 is 0. The molecule has 3 heteroatoms. The highest BCUT2D eigenvalue weighted by Crippen LogP contribution is 2.40. The normalized spacial score (nSPS) is 22.8. The molecule has 0 radical (unpaired) electrons. The van der Waals surface area contributed by atoms with E-state index in [1.807, 2.05) is 13.8 Å². The Balaban J connectivity index is 1.69. The van der Waals surface area contributed by atoms with Gasteiger partial charge in [-0.05, 0) is 38.9 Å². The molecule has 0 atom stereocenters. The van der Waals surface area contributed by atoms with Crippen LogP contribution in [-0.4, -0.2) is 48.4 Å². The molecule has 0 aromatic carbocycles. The Morgan fingerprint density at radius 2 is 1.79 bits per heavy atom. The van der Waals surface area contributed by atoms with Crippen LogP contribution in [0.2, 0.25) is 0 Å². The number of rotatable bonds is 5. The Bertz CT molecular complexity index is 298. The quantitative estimate of drug-likeness (QED) is 0.714. The van der Waals surface area contributed by atoms with Crippen molar-refractivity contribution in [2.45, 2.75) is 52.9 Å². The van der Waals surface area contributed by atoms with E-state index in [2.05, 4.69) is 16.7 Å². The van der Waals surface area contributed by atoms with Crippen LogP contribution in [0.15, 0.2) is 0 Å². The topological polar surface area (TPSA) is 23.6 Å². The lowest BCUT2D eigenvalue weighted by molar-refractivity contribution is -0.150. The molecule has 2 heterocycles. The molecule has 0 aliphatic carbocycles. The highest BCUT2D eigenvalue weighted by atomic mass is 16.2. The zero-order valence-electron chi connectivity index (χ0n) is 13.0. The molecule has 110 valence electrons. The first-order valence-electron chi connectivity index (χ1n) is 8.07. The minimum absolute atomic E-state index is 0.159. The van der Waals surface area contributed by atoms with E-state index in [4.69, 9.17) is 0 Å². The van der Waals surface area contributed by atoms with Crippen LogP contribution in [0, 0.1) is 11.3 Å². The number of carbonyl (C=O) groups excluding carboxylic acids is 1. The summed E-state index contributed by atoms with van der Waals surface area (Å²) in [5.41, 5.74) is 0.478. The average Bonchev–Trinajstić information content (AvgIpc) is 2.36. The largest absolute Gasteiger partial charge is 0.341 e. The van der Waals surface area contributed by atoms with E-state index in [9.17, 15) is 4.79 Å². The molecule has 1 amide bonds. The maximum absolute atomic E-state index is 11.9. The van der Waals surface area contributed by atoms with E-state index in [-0.39, 0.29) is 5.92 Å². The van der Waals surface area contributed by atoms with Crippen molar-refractivity contribution in [2.75, 3.05) is 32.7 Å². The maximum atomic E-state index is 11.9. The second kappa shape index (κ2) is 6.25. The van der Waals surface area contributed by atoms with E-state index in [1.165, 1.54) is 51.7 Å². The first-order chi connectivity index (χ1) is 9.06. The molecule has 2 fully saturated rings. The van der Waals surface area contributed by atoms with Crippen LogP contribution in [0.3, 0.4) is 0 Å². The third-order valence-electron chi connectivity index (χ3n) is 4.85. The molecule has 0 unspecified atom stereocenters. The first-order valence-corrected chi connectivity index (χ1v) is 8.07. The van der Waals surface area contributed by atoms with Crippen LogP contribution in [0.4, 0.5) is 0 Å². The van der Waals surface area contributed by atoms with Crippen molar-refractivity contribution >= 4 is 5.91 Å². The van der Waals surface area contributed by atoms with Crippen molar-refractivity contribution in [1.29, 1.82) is 0 Å². The van der Waals surface area contributed by atoms with Crippen LogP contribution in [0.25, 0.3) is 0 Å². The third kappa shape index (κ3) is 3.50. The first kappa shape index (κ1) is 14.8. The summed E-state index contributed by atoms with van der Waals surface area (Å²) in [6.45, 7) is 12.1. The zero-order valence-corrected chi connectivity index (χ0v) is 13.0. The van der Waals surface area contributed by atoms with Gasteiger partial charge in [-0.15, -0.1) is 0 Å². The molecule has 2 aliphatic rings. The molecule has 3 nitrogen and oxygen atoms in total. The van der Waals surface area contributed by atoms with Crippen molar-refractivity contribution in [3.63, 3.8) is 0 Å². The van der Waals surface area contributed by atoms with Crippen molar-refractivity contribution in [3.8, 4) is 0 Å². The Morgan fingerprint density at radius 3 is 2.32 bits per heavy atom. The van der Waals surface area contributed by atoms with E-state index >= 15 is 0 Å². The van der Waals surface area contributed by atoms with Crippen molar-refractivity contribution in [3.05, 3.63) is 0 Å². The minimum atomic E-state index is 0.159. The number of carbonyl (C=O) groups is 1. The van der Waals surface area contributed by atoms with Crippen LogP contribution in [-0.2, 0) is 4.79 Å². The fourth-order valence-corrected chi connectivity index (χ4v) is 3.44. The predicted molar refractivity (Wildman–Crippen MR) is 79.1 cm³/mol. The molecule has 2 aliphatic heterocycles. The van der Waals surface area contributed by atoms with Gasteiger partial charge in [-0.3, -0.25) is 4.79 Å². The van der Waals surface area contributed by atoms with Gasteiger partial charge >= 0.3 is 0 Å². The Hall–Kier alpha value is -0.570. The van der Waals surface area contributed by atoms with E-state index in [1.54, 1.807) is 0 Å². The Labute approximate surface area is 118 Å². The molecule has 19 heavy (non-hydrogen) atoms. The molecule has 2 rings (SSSR count). The van der Waals surface area contributed by atoms with Gasteiger partial charge in [0, 0.05) is 24.4 Å². The van der Waals surface area contributed by atoms with E-state index < -0.39 is 0 Å². The number of nitrogens with zero attached hydrogens (tertiary/aromatic N) is 2. The Kier molecular flexibility index (Phi) is 4.88. The minimum Gasteiger partial charge on any atom is -0.341 e. The third-order valence-corrected chi connectivity index (χ3v) is 4.85. The van der Waals surface area contributed by atoms with Gasteiger partial charge in [0.05, 0.1) is 0 Å². The summed E-state index contributed by atoms with van der Waals surface area (Å²) in [7, 11) is 0. The molecule has 1 spiro atoms. The molecule has 2 saturated heterocycles. The number of amides is 1. The predicted octanol–water partition coefficient (Wildman–Crippen LogP) is 2.76. The average molecular weight is 266 g/mol. The fraction of sp³-hybridized carbons (Fsp3) is 0.938. The van der Waals surface area contributed by atoms with Gasteiger partial charge in [0.2, 0.25) is 5.91 Å². The summed E-state index contributed by atoms with van der Waals surface area (Å²) in [6.07, 6.45) is 6.60. The van der Waals surface area contributed by atoms with Gasteiger partial charge in [0.15, 0.2) is 0 Å². The lowest BCUT2D eigenvalue weighted by Gasteiger charge is -2.54. The number of piperidine rings is 1. The molecule has 0 bridgehead atoms. The second-order valence-electron chi connectivity index (χ2n) is 6.90. The van der Waals surface area contributed by atoms with E-state index in [0.717, 1.165) is 13.1 Å². The zero-order chi connectivity index (χ0) is 13.9. The van der Waals surface area contributed by atoms with Gasteiger partial charge < -0.3 is 9.80 Å². The second-order valence-corrected chi connectivity index (χ2v) is 6.90. The lowest BCUT2D eigenvalue weighted by atomic mass is 9.71. The lowest BCUT2D eigenvalue weighted by Crippen LogP contribution is -2.62. The summed E-state index contributed by atoms with van der Waals surface area (Å²) in [5.74, 6) is 0.502. The van der Waals surface area contributed by atoms with Crippen molar-refractivity contribution < 1.29 is 4.79 Å². The monoisotopic (exact) mass is 266 g/mol. The van der Waals surface area contributed by atoms with Gasteiger partial charge in [0.25, 0.3) is 0 Å². The van der Waals surface area contributed by atoms with Crippen LogP contribution < -0.4 is 0 Å². The van der Waals surface area contributed by atoms with Crippen molar-refractivity contribution in [2.24, 2.45) is 11.3 Å². The smallest absolute Gasteiger partial charge is 0.225 e. The van der Waals surface area contributed by atoms with Crippen LogP contribution in [0.5, 0.6) is 0 Å². The highest BCUT2D eigenvalue weighted by Gasteiger charge is 2.46. The summed E-state index contributed by atoms with van der Waals surface area (Å²) in [5, 5.41) is 0. The molecule has 0 aromatic rings. The molecular weight excluding hydrogens is 236 g/mol. The number of unbranched alkanes of at least 4 members (excludes halogenated alkanes) is 2. The van der Waals surface area contributed by atoms with Crippen molar-refractivity contribution in [1.82, 2.24) is 9.80 Å². The highest BCUT2D eigenvalue weighted by molar-refractivity contribution is 5.79. The van der Waals surface area contributed by atoms with Crippen LogP contribution >= 0.6 is 0 Å². The fourth-order valence-electron chi connectivity index (χ4n) is 3.44. The van der Waals surface area contributed by atoms with E-state index in [0.29, 0.717) is 11.3 Å². The van der Waals surface area contributed by atoms with Crippen LogP contribution in [0.1, 0.15) is 52.9 Å². The molecule has 0 aromatic heterocycles. The van der Waals surface area contributed by atoms with Gasteiger partial charge in [-0.25, -0.2) is 0 Å². The summed E-state index contributed by atoms with van der Waals surface area (Å²) >= 11 is 0. The number of likely N-dealkylation sites (tertiary alicyclic amines) is 2. The van der Waals surface area contributed by atoms with Gasteiger partial charge in [-0.1, -0.05) is 33.6 Å².